The van der Waals surface area contributed by atoms with Crippen LogP contribution in [0.15, 0.2) is 5.38 Å². The Labute approximate surface area is 77.8 Å². The van der Waals surface area contributed by atoms with Gasteiger partial charge in [0.05, 0.1) is 0 Å². The summed E-state index contributed by atoms with van der Waals surface area (Å²) < 4.78 is 0. The van der Waals surface area contributed by atoms with E-state index in [2.05, 4.69) is 17.6 Å². The van der Waals surface area contributed by atoms with Gasteiger partial charge in [-0.15, -0.1) is 11.3 Å². The molecular formula is C10H15NS. The van der Waals surface area contributed by atoms with Gasteiger partial charge in [0.2, 0.25) is 0 Å². The summed E-state index contributed by atoms with van der Waals surface area (Å²) >= 11 is 1.95. The second-order valence-electron chi connectivity index (χ2n) is 3.55. The van der Waals surface area contributed by atoms with Crippen LogP contribution in [0.1, 0.15) is 28.3 Å². The first-order chi connectivity index (χ1) is 5.83. The molecule has 1 aliphatic carbocycles. The van der Waals surface area contributed by atoms with Gasteiger partial charge in [0.1, 0.15) is 0 Å². The van der Waals surface area contributed by atoms with E-state index in [-0.39, 0.29) is 0 Å². The van der Waals surface area contributed by atoms with Crippen LogP contribution in [-0.2, 0) is 6.42 Å². The average Bonchev–Trinajstić information content (AvgIpc) is 2.58. The largest absolute Gasteiger partial charge is 0.319 e. The van der Waals surface area contributed by atoms with Gasteiger partial charge < -0.3 is 5.32 Å². The fourth-order valence-electron chi connectivity index (χ4n) is 2.04. The third kappa shape index (κ3) is 1.19. The Hall–Kier alpha value is -0.340. The number of hydrogen-bond acceptors (Lipinski definition) is 2. The molecule has 0 saturated carbocycles. The first-order valence-corrected chi connectivity index (χ1v) is 5.42. The highest BCUT2D eigenvalue weighted by molar-refractivity contribution is 7.10. The molecule has 0 aromatic carbocycles. The van der Waals surface area contributed by atoms with Crippen molar-refractivity contribution in [3.63, 3.8) is 0 Å². The summed E-state index contributed by atoms with van der Waals surface area (Å²) in [4.78, 5) is 1.64. The Kier molecular flexibility index (Phi) is 2.20. The molecule has 0 saturated heterocycles. The lowest BCUT2D eigenvalue weighted by atomic mass is 10.1. The van der Waals surface area contributed by atoms with Crippen LogP contribution in [0.5, 0.6) is 0 Å². The van der Waals surface area contributed by atoms with E-state index in [1.807, 2.05) is 18.4 Å². The number of rotatable bonds is 2. The molecule has 0 bridgehead atoms. The minimum Gasteiger partial charge on any atom is -0.319 e. The first kappa shape index (κ1) is 8.27. The maximum absolute atomic E-state index is 3.27. The summed E-state index contributed by atoms with van der Waals surface area (Å²) in [7, 11) is 2.04. The van der Waals surface area contributed by atoms with Crippen LogP contribution < -0.4 is 5.32 Å². The number of likely N-dealkylation sites (N-methyl/N-ethyl adjacent to an activating group) is 1. The molecule has 0 fully saturated rings. The molecule has 1 atom stereocenters. The molecule has 0 amide bonds. The van der Waals surface area contributed by atoms with E-state index in [0.29, 0.717) is 0 Å². The molecule has 66 valence electrons. The Morgan fingerprint density at radius 2 is 2.50 bits per heavy atom. The van der Waals surface area contributed by atoms with Crippen LogP contribution >= 0.6 is 11.3 Å². The summed E-state index contributed by atoms with van der Waals surface area (Å²) in [5.41, 5.74) is 3.15. The van der Waals surface area contributed by atoms with E-state index >= 15 is 0 Å². The molecule has 1 aliphatic rings. The second kappa shape index (κ2) is 3.19. The molecular weight excluding hydrogens is 166 g/mol. The first-order valence-electron chi connectivity index (χ1n) is 4.54. The molecule has 1 unspecified atom stereocenters. The zero-order chi connectivity index (χ0) is 8.55. The van der Waals surface area contributed by atoms with Crippen LogP contribution in [-0.4, -0.2) is 13.6 Å². The molecule has 12 heavy (non-hydrogen) atoms. The third-order valence-electron chi connectivity index (χ3n) is 2.70. The van der Waals surface area contributed by atoms with Crippen molar-refractivity contribution < 1.29 is 0 Å². The molecule has 0 spiro atoms. The van der Waals surface area contributed by atoms with Crippen LogP contribution in [0.3, 0.4) is 0 Å². The third-order valence-corrected chi connectivity index (χ3v) is 4.01. The summed E-state index contributed by atoms with van der Waals surface area (Å²) in [6.45, 7) is 3.38. The van der Waals surface area contributed by atoms with Crippen molar-refractivity contribution in [1.82, 2.24) is 5.32 Å². The van der Waals surface area contributed by atoms with Gasteiger partial charge in [-0.2, -0.15) is 0 Å². The predicted molar refractivity (Wildman–Crippen MR) is 54.0 cm³/mol. The smallest absolute Gasteiger partial charge is 0.0124 e. The lowest BCUT2D eigenvalue weighted by Crippen LogP contribution is -2.14. The zero-order valence-corrected chi connectivity index (χ0v) is 8.50. The van der Waals surface area contributed by atoms with Crippen molar-refractivity contribution >= 4 is 11.3 Å². The number of thiophene rings is 1. The molecule has 0 radical (unpaired) electrons. The molecule has 1 aromatic rings. The lowest BCUT2D eigenvalue weighted by Gasteiger charge is -2.06. The fraction of sp³-hybridized carbons (Fsp3) is 0.600. The molecule has 0 aliphatic heterocycles. The van der Waals surface area contributed by atoms with Gasteiger partial charge in [0.25, 0.3) is 0 Å². The minimum atomic E-state index is 0.795. The van der Waals surface area contributed by atoms with Crippen molar-refractivity contribution in [2.75, 3.05) is 13.6 Å². The number of fused-ring (bicyclic) bond motifs is 1. The Bertz CT molecular complexity index is 277. The van der Waals surface area contributed by atoms with E-state index in [9.17, 15) is 0 Å². The zero-order valence-electron chi connectivity index (χ0n) is 7.68. The molecule has 1 aromatic heterocycles. The van der Waals surface area contributed by atoms with Gasteiger partial charge in [0, 0.05) is 17.3 Å². The highest BCUT2D eigenvalue weighted by atomic mass is 32.1. The van der Waals surface area contributed by atoms with Gasteiger partial charge in [-0.05, 0) is 43.3 Å². The van der Waals surface area contributed by atoms with Crippen molar-refractivity contribution in [2.24, 2.45) is 0 Å². The van der Waals surface area contributed by atoms with Gasteiger partial charge in [-0.3, -0.25) is 0 Å². The maximum atomic E-state index is 3.27. The molecule has 1 nitrogen and oxygen atoms in total. The summed E-state index contributed by atoms with van der Waals surface area (Å²) in [5, 5.41) is 5.56. The van der Waals surface area contributed by atoms with Gasteiger partial charge in [-0.1, -0.05) is 0 Å². The number of aryl methyl sites for hydroxylation is 1. The van der Waals surface area contributed by atoms with E-state index in [4.69, 9.17) is 0 Å². The quantitative estimate of drug-likeness (QED) is 0.738. The van der Waals surface area contributed by atoms with Crippen molar-refractivity contribution in [2.45, 2.75) is 25.7 Å². The van der Waals surface area contributed by atoms with Crippen LogP contribution in [0.2, 0.25) is 0 Å². The monoisotopic (exact) mass is 181 g/mol. The predicted octanol–water partition coefficient (Wildman–Crippen LogP) is 2.31. The summed E-state index contributed by atoms with van der Waals surface area (Å²) in [6, 6.07) is 0. The maximum Gasteiger partial charge on any atom is 0.0124 e. The standard InChI is InChI=1S/C10H15NS/c1-7-6-12-10-8(5-11-2)3-4-9(7)10/h6,8,11H,3-5H2,1-2H3. The Morgan fingerprint density at radius 1 is 1.67 bits per heavy atom. The van der Waals surface area contributed by atoms with Gasteiger partial charge >= 0.3 is 0 Å². The average molecular weight is 181 g/mol. The van der Waals surface area contributed by atoms with Crippen molar-refractivity contribution in [3.8, 4) is 0 Å². The SMILES string of the molecule is CNCC1CCc2c(C)csc21. The minimum absolute atomic E-state index is 0.795. The van der Waals surface area contributed by atoms with E-state index < -0.39 is 0 Å². The lowest BCUT2D eigenvalue weighted by molar-refractivity contribution is 0.629. The summed E-state index contributed by atoms with van der Waals surface area (Å²) in [5.74, 6) is 0.795. The van der Waals surface area contributed by atoms with Crippen LogP contribution in [0.4, 0.5) is 0 Å². The van der Waals surface area contributed by atoms with Crippen molar-refractivity contribution in [1.29, 1.82) is 0 Å². The molecule has 2 rings (SSSR count). The fourth-order valence-corrected chi connectivity index (χ4v) is 3.29. The highest BCUT2D eigenvalue weighted by Crippen LogP contribution is 2.38. The Morgan fingerprint density at radius 3 is 3.25 bits per heavy atom. The van der Waals surface area contributed by atoms with E-state index in [0.717, 1.165) is 12.5 Å². The summed E-state index contributed by atoms with van der Waals surface area (Å²) in [6.07, 6.45) is 2.65. The van der Waals surface area contributed by atoms with Crippen LogP contribution in [0, 0.1) is 6.92 Å². The molecule has 2 heteroatoms. The van der Waals surface area contributed by atoms with E-state index in [1.165, 1.54) is 18.4 Å². The molecule has 1 heterocycles. The highest BCUT2D eigenvalue weighted by Gasteiger charge is 2.24. The van der Waals surface area contributed by atoms with Crippen LogP contribution in [0.25, 0.3) is 0 Å². The van der Waals surface area contributed by atoms with E-state index in [1.54, 1.807) is 10.4 Å². The van der Waals surface area contributed by atoms with Gasteiger partial charge in [0.15, 0.2) is 0 Å². The van der Waals surface area contributed by atoms with Gasteiger partial charge in [-0.25, -0.2) is 0 Å². The normalized spacial score (nSPS) is 21.3. The number of nitrogens with one attached hydrogen (secondary N) is 1. The topological polar surface area (TPSA) is 12.0 Å². The Balaban J connectivity index is 2.24. The number of hydrogen-bond donors (Lipinski definition) is 1. The second-order valence-corrected chi connectivity index (χ2v) is 4.47. The van der Waals surface area contributed by atoms with Crippen molar-refractivity contribution in [3.05, 3.63) is 21.4 Å². The molecule has 1 N–H and O–H groups in total.